The largest absolute Gasteiger partial charge is 0.507 e. The van der Waals surface area contributed by atoms with Gasteiger partial charge in [-0.15, -0.1) is 0 Å². The SMILES string of the molecule is O=C1C(=O)N(CCN2CCOCC2)C(c2cccc(Br)c2)/C1=C(\O)c1ccc2c(c1)OCO2. The standard InChI is InChI=1S/C24H23BrN2O6/c25-17-3-1-2-15(12-17)21-20(22(28)16-4-5-18-19(13-16)33-14-32-18)23(29)24(30)27(21)7-6-26-8-10-31-11-9-26/h1-5,12-13,21,28H,6-11,14H2/b22-20+. The zero-order valence-electron chi connectivity index (χ0n) is 17.8. The number of carbonyl (C=O) groups excluding carboxylic acids is 2. The van der Waals surface area contributed by atoms with Crippen LogP contribution in [-0.4, -0.2) is 72.8 Å². The monoisotopic (exact) mass is 514 g/mol. The van der Waals surface area contributed by atoms with Crippen LogP contribution in [0, 0.1) is 0 Å². The van der Waals surface area contributed by atoms with Crippen molar-refractivity contribution in [3.63, 3.8) is 0 Å². The minimum absolute atomic E-state index is 0.0685. The van der Waals surface area contributed by atoms with Gasteiger partial charge < -0.3 is 24.2 Å². The van der Waals surface area contributed by atoms with Gasteiger partial charge in [0, 0.05) is 36.2 Å². The molecule has 1 unspecified atom stereocenters. The second kappa shape index (κ2) is 9.17. The molecule has 0 bridgehead atoms. The summed E-state index contributed by atoms with van der Waals surface area (Å²) in [6.07, 6.45) is 0. The fourth-order valence-electron chi connectivity index (χ4n) is 4.41. The molecule has 2 aromatic carbocycles. The predicted octanol–water partition coefficient (Wildman–Crippen LogP) is 2.93. The maximum Gasteiger partial charge on any atom is 0.295 e. The lowest BCUT2D eigenvalue weighted by atomic mass is 9.95. The molecule has 1 atom stereocenters. The van der Waals surface area contributed by atoms with Crippen molar-refractivity contribution in [3.8, 4) is 11.5 Å². The van der Waals surface area contributed by atoms with E-state index < -0.39 is 17.7 Å². The smallest absolute Gasteiger partial charge is 0.295 e. The molecule has 3 heterocycles. The molecular formula is C24H23BrN2O6. The summed E-state index contributed by atoms with van der Waals surface area (Å²) in [7, 11) is 0. The van der Waals surface area contributed by atoms with Crippen molar-refractivity contribution in [2.24, 2.45) is 0 Å². The van der Waals surface area contributed by atoms with Crippen molar-refractivity contribution >= 4 is 33.4 Å². The van der Waals surface area contributed by atoms with Gasteiger partial charge in [-0.05, 0) is 35.9 Å². The Morgan fingerprint density at radius 2 is 1.82 bits per heavy atom. The van der Waals surface area contributed by atoms with E-state index >= 15 is 0 Å². The number of likely N-dealkylation sites (tertiary alicyclic amines) is 1. The van der Waals surface area contributed by atoms with Crippen molar-refractivity contribution in [1.29, 1.82) is 0 Å². The van der Waals surface area contributed by atoms with E-state index in [0.29, 0.717) is 43.4 Å². The molecule has 2 saturated heterocycles. The number of ketones is 1. The number of aliphatic hydroxyl groups excluding tert-OH is 1. The number of ether oxygens (including phenoxy) is 3. The number of hydrogen-bond donors (Lipinski definition) is 1. The highest BCUT2D eigenvalue weighted by molar-refractivity contribution is 9.10. The fourth-order valence-corrected chi connectivity index (χ4v) is 4.82. The molecule has 33 heavy (non-hydrogen) atoms. The number of aliphatic hydroxyl groups is 1. The average Bonchev–Trinajstić information content (AvgIpc) is 3.40. The number of morpholine rings is 1. The van der Waals surface area contributed by atoms with Crippen LogP contribution in [0.4, 0.5) is 0 Å². The van der Waals surface area contributed by atoms with Gasteiger partial charge in [-0.3, -0.25) is 14.5 Å². The normalized spacial score (nSPS) is 22.2. The van der Waals surface area contributed by atoms with Crippen LogP contribution >= 0.6 is 15.9 Å². The van der Waals surface area contributed by atoms with Crippen LogP contribution in [0.1, 0.15) is 17.2 Å². The maximum absolute atomic E-state index is 13.2. The summed E-state index contributed by atoms with van der Waals surface area (Å²) in [5.41, 5.74) is 1.21. The molecule has 172 valence electrons. The molecule has 3 aliphatic rings. The lowest BCUT2D eigenvalue weighted by Crippen LogP contribution is -2.42. The summed E-state index contributed by atoms with van der Waals surface area (Å²) in [6.45, 7) is 3.94. The van der Waals surface area contributed by atoms with Crippen LogP contribution in [0.25, 0.3) is 5.76 Å². The van der Waals surface area contributed by atoms with Gasteiger partial charge in [-0.2, -0.15) is 0 Å². The number of rotatable bonds is 5. The highest BCUT2D eigenvalue weighted by atomic mass is 79.9. The number of halogens is 1. The number of hydrogen-bond acceptors (Lipinski definition) is 7. The van der Waals surface area contributed by atoms with Crippen LogP contribution in [-0.2, 0) is 14.3 Å². The first-order chi connectivity index (χ1) is 16.0. The number of amides is 1. The molecule has 5 rings (SSSR count). The number of fused-ring (bicyclic) bond motifs is 1. The Bertz CT molecular complexity index is 1130. The van der Waals surface area contributed by atoms with Crippen LogP contribution in [0.3, 0.4) is 0 Å². The zero-order valence-corrected chi connectivity index (χ0v) is 19.4. The molecule has 0 saturated carbocycles. The van der Waals surface area contributed by atoms with E-state index in [2.05, 4.69) is 20.8 Å². The average molecular weight is 515 g/mol. The van der Waals surface area contributed by atoms with Crippen molar-refractivity contribution in [2.45, 2.75) is 6.04 Å². The minimum Gasteiger partial charge on any atom is -0.507 e. The van der Waals surface area contributed by atoms with Gasteiger partial charge >= 0.3 is 0 Å². The third kappa shape index (κ3) is 4.23. The fraction of sp³-hybridized carbons (Fsp3) is 0.333. The zero-order chi connectivity index (χ0) is 22.9. The number of carbonyl (C=O) groups is 2. The summed E-state index contributed by atoms with van der Waals surface area (Å²) >= 11 is 3.48. The molecular weight excluding hydrogens is 492 g/mol. The number of nitrogens with zero attached hydrogens (tertiary/aromatic N) is 2. The van der Waals surface area contributed by atoms with Crippen LogP contribution in [0.5, 0.6) is 11.5 Å². The third-order valence-corrected chi connectivity index (χ3v) is 6.60. The summed E-state index contributed by atoms with van der Waals surface area (Å²) in [6, 6.07) is 11.7. The van der Waals surface area contributed by atoms with Crippen molar-refractivity contribution < 1.29 is 28.9 Å². The van der Waals surface area contributed by atoms with Gasteiger partial charge in [0.25, 0.3) is 11.7 Å². The van der Waals surface area contributed by atoms with E-state index in [-0.39, 0.29) is 18.1 Å². The van der Waals surface area contributed by atoms with Crippen molar-refractivity contribution in [3.05, 3.63) is 63.6 Å². The first-order valence-corrected chi connectivity index (χ1v) is 11.6. The van der Waals surface area contributed by atoms with Crippen molar-refractivity contribution in [2.75, 3.05) is 46.2 Å². The van der Waals surface area contributed by atoms with E-state index in [9.17, 15) is 14.7 Å². The Morgan fingerprint density at radius 1 is 1.03 bits per heavy atom. The van der Waals surface area contributed by atoms with Gasteiger partial charge in [-0.25, -0.2) is 0 Å². The predicted molar refractivity (Wildman–Crippen MR) is 123 cm³/mol. The second-order valence-electron chi connectivity index (χ2n) is 8.07. The van der Waals surface area contributed by atoms with Crippen molar-refractivity contribution in [1.82, 2.24) is 9.80 Å². The molecule has 0 aromatic heterocycles. The van der Waals surface area contributed by atoms with Crippen LogP contribution in [0.2, 0.25) is 0 Å². The molecule has 8 nitrogen and oxygen atoms in total. The second-order valence-corrected chi connectivity index (χ2v) is 8.99. The minimum atomic E-state index is -0.700. The van der Waals surface area contributed by atoms with E-state index in [1.54, 1.807) is 23.1 Å². The van der Waals surface area contributed by atoms with Gasteiger partial charge in [0.1, 0.15) is 5.76 Å². The summed E-state index contributed by atoms with van der Waals surface area (Å²) < 4.78 is 17.0. The molecule has 0 aliphatic carbocycles. The van der Waals surface area contributed by atoms with Gasteiger partial charge in [0.05, 0.1) is 24.8 Å². The van der Waals surface area contributed by atoms with Gasteiger partial charge in [0.2, 0.25) is 6.79 Å². The van der Waals surface area contributed by atoms with E-state index in [1.165, 1.54) is 0 Å². The van der Waals surface area contributed by atoms with Gasteiger partial charge in [0.15, 0.2) is 11.5 Å². The number of benzene rings is 2. The molecule has 9 heteroatoms. The Hall–Kier alpha value is -2.88. The first kappa shape index (κ1) is 21.9. The molecule has 2 fully saturated rings. The van der Waals surface area contributed by atoms with E-state index in [4.69, 9.17) is 14.2 Å². The molecule has 1 N–H and O–H groups in total. The molecule has 0 radical (unpaired) electrons. The third-order valence-electron chi connectivity index (χ3n) is 6.11. The molecule has 0 spiro atoms. The summed E-state index contributed by atoms with van der Waals surface area (Å²) in [5, 5.41) is 11.2. The summed E-state index contributed by atoms with van der Waals surface area (Å²) in [5.74, 6) is -0.487. The van der Waals surface area contributed by atoms with Crippen LogP contribution in [0.15, 0.2) is 52.5 Å². The van der Waals surface area contributed by atoms with Crippen LogP contribution < -0.4 is 9.47 Å². The Kier molecular flexibility index (Phi) is 6.09. The summed E-state index contributed by atoms with van der Waals surface area (Å²) in [4.78, 5) is 30.0. The Labute approximate surface area is 199 Å². The van der Waals surface area contributed by atoms with Gasteiger partial charge in [-0.1, -0.05) is 28.1 Å². The first-order valence-electron chi connectivity index (χ1n) is 10.8. The highest BCUT2D eigenvalue weighted by Crippen LogP contribution is 2.41. The molecule has 2 aromatic rings. The topological polar surface area (TPSA) is 88.5 Å². The molecule has 1 amide bonds. The quantitative estimate of drug-likeness (QED) is 0.372. The number of Topliss-reactive ketones (excluding diaryl/α,β-unsaturated/α-hetero) is 1. The maximum atomic E-state index is 13.2. The molecule has 3 aliphatic heterocycles. The Morgan fingerprint density at radius 3 is 2.61 bits per heavy atom. The lowest BCUT2D eigenvalue weighted by molar-refractivity contribution is -0.140. The Balaban J connectivity index is 1.54. The van der Waals surface area contributed by atoms with E-state index in [1.807, 2.05) is 24.3 Å². The highest BCUT2D eigenvalue weighted by Gasteiger charge is 2.46. The lowest BCUT2D eigenvalue weighted by Gasteiger charge is -2.31. The van der Waals surface area contributed by atoms with E-state index in [0.717, 1.165) is 23.1 Å².